The highest BCUT2D eigenvalue weighted by molar-refractivity contribution is 7.91. The lowest BCUT2D eigenvalue weighted by Gasteiger charge is -2.36. The zero-order valence-corrected chi connectivity index (χ0v) is 23.1. The van der Waals surface area contributed by atoms with Crippen LogP contribution in [0.1, 0.15) is 111 Å². The predicted molar refractivity (Wildman–Crippen MR) is 139 cm³/mol. The summed E-state index contributed by atoms with van der Waals surface area (Å²) in [6.45, 7) is 18.7. The maximum atomic E-state index is 14.0. The topological polar surface area (TPSA) is 77.9 Å². The van der Waals surface area contributed by atoms with Crippen molar-refractivity contribution < 1.29 is 18.3 Å². The first-order valence-electron chi connectivity index (χ1n) is 12.3. The minimum absolute atomic E-state index is 0.282. The average molecular weight is 483 g/mol. The van der Waals surface area contributed by atoms with Crippen LogP contribution in [0.4, 0.5) is 10.5 Å². The minimum Gasteiger partial charge on any atom is -0.464 e. The zero-order chi connectivity index (χ0) is 25.6. The third kappa shape index (κ3) is 7.71. The highest BCUT2D eigenvalue weighted by Crippen LogP contribution is 2.42. The summed E-state index contributed by atoms with van der Waals surface area (Å²) in [4.78, 5) is 12.7. The maximum absolute atomic E-state index is 14.0. The molecule has 1 aromatic carbocycles. The van der Waals surface area contributed by atoms with Crippen LogP contribution in [-0.2, 0) is 21.0 Å². The van der Waals surface area contributed by atoms with Crippen LogP contribution < -0.4 is 4.31 Å². The van der Waals surface area contributed by atoms with Crippen molar-refractivity contribution in [2.45, 2.75) is 112 Å². The summed E-state index contributed by atoms with van der Waals surface area (Å²) in [6, 6.07) is 3.85. The number of nitrogens with zero attached hydrogens (tertiary/aromatic N) is 2. The van der Waals surface area contributed by atoms with E-state index in [0.29, 0.717) is 30.2 Å². The fourth-order valence-corrected chi connectivity index (χ4v) is 5.56. The SMILES string of the molecule is CCCCCN(CCCCC)S(=O)(=O)N(C(=O)O)c1c(C(C)(C)C)cc(C)cc1C(C)(C)C. The van der Waals surface area contributed by atoms with Gasteiger partial charge in [0.1, 0.15) is 0 Å². The molecule has 0 radical (unpaired) electrons. The van der Waals surface area contributed by atoms with Gasteiger partial charge in [-0.1, -0.05) is 98.8 Å². The molecule has 0 unspecified atom stereocenters. The number of unbranched alkanes of at least 4 members (excludes halogenated alkanes) is 4. The number of anilines is 1. The standard InChI is InChI=1S/C26H46N2O4S/c1-10-12-14-16-27(17-15-13-11-2)33(31,32)28(24(29)30)23-21(25(4,5)6)18-20(3)19-22(23)26(7,8)9/h18-19H,10-17H2,1-9H3,(H,29,30). The van der Waals surface area contributed by atoms with Crippen molar-refractivity contribution >= 4 is 22.0 Å². The van der Waals surface area contributed by atoms with E-state index in [1.807, 2.05) is 60.6 Å². The van der Waals surface area contributed by atoms with Gasteiger partial charge >= 0.3 is 16.3 Å². The summed E-state index contributed by atoms with van der Waals surface area (Å²) in [6.07, 6.45) is 3.68. The Labute approximate surface area is 202 Å². The molecule has 1 amide bonds. The molecule has 0 aliphatic heterocycles. The lowest BCUT2D eigenvalue weighted by molar-refractivity contribution is 0.205. The number of hydrogen-bond donors (Lipinski definition) is 1. The molecular formula is C26H46N2O4S. The Kier molecular flexibility index (Phi) is 10.4. The molecule has 1 aromatic rings. The van der Waals surface area contributed by atoms with Crippen LogP contribution in [0.5, 0.6) is 0 Å². The molecule has 0 heterocycles. The Bertz CT molecular complexity index is 851. The van der Waals surface area contributed by atoms with Gasteiger partial charge in [-0.25, -0.2) is 4.79 Å². The van der Waals surface area contributed by atoms with E-state index in [0.717, 1.165) is 42.4 Å². The van der Waals surface area contributed by atoms with Crippen LogP contribution in [0.15, 0.2) is 12.1 Å². The van der Waals surface area contributed by atoms with Gasteiger partial charge in [0, 0.05) is 13.1 Å². The van der Waals surface area contributed by atoms with E-state index >= 15 is 0 Å². The van der Waals surface area contributed by atoms with Crippen molar-refractivity contribution in [3.63, 3.8) is 0 Å². The summed E-state index contributed by atoms with van der Waals surface area (Å²) in [7, 11) is -4.29. The number of carboxylic acid groups (broad SMARTS) is 1. The molecule has 0 aliphatic carbocycles. The number of amides is 1. The largest absolute Gasteiger partial charge is 0.464 e. The van der Waals surface area contributed by atoms with Crippen LogP contribution in [0.2, 0.25) is 0 Å². The molecule has 0 aliphatic rings. The Hall–Kier alpha value is -1.60. The van der Waals surface area contributed by atoms with Crippen molar-refractivity contribution in [1.82, 2.24) is 4.31 Å². The van der Waals surface area contributed by atoms with E-state index in [4.69, 9.17) is 0 Å². The first-order chi connectivity index (χ1) is 15.1. The van der Waals surface area contributed by atoms with Crippen LogP contribution in [0.25, 0.3) is 0 Å². The number of hydrogen-bond acceptors (Lipinski definition) is 3. The Balaban J connectivity index is 3.83. The van der Waals surface area contributed by atoms with Crippen LogP contribution >= 0.6 is 0 Å². The van der Waals surface area contributed by atoms with Crippen LogP contribution in [0, 0.1) is 6.92 Å². The second kappa shape index (κ2) is 11.7. The Morgan fingerprint density at radius 2 is 1.24 bits per heavy atom. The molecule has 0 saturated carbocycles. The molecule has 0 aromatic heterocycles. The lowest BCUT2D eigenvalue weighted by Crippen LogP contribution is -2.48. The molecule has 0 atom stereocenters. The van der Waals surface area contributed by atoms with Crippen LogP contribution in [-0.4, -0.2) is 37.0 Å². The fourth-order valence-electron chi connectivity index (χ4n) is 3.99. The van der Waals surface area contributed by atoms with Gasteiger partial charge in [0.15, 0.2) is 0 Å². The van der Waals surface area contributed by atoms with Gasteiger partial charge in [0.05, 0.1) is 5.69 Å². The van der Waals surface area contributed by atoms with Crippen molar-refractivity contribution in [3.05, 3.63) is 28.8 Å². The monoisotopic (exact) mass is 482 g/mol. The molecular weight excluding hydrogens is 436 g/mol. The first kappa shape index (κ1) is 29.4. The molecule has 1 N–H and O–H groups in total. The molecule has 0 bridgehead atoms. The molecule has 190 valence electrons. The van der Waals surface area contributed by atoms with Crippen molar-refractivity contribution in [2.75, 3.05) is 17.4 Å². The second-order valence-electron chi connectivity index (χ2n) is 11.1. The third-order valence-corrected chi connectivity index (χ3v) is 7.64. The van der Waals surface area contributed by atoms with Gasteiger partial charge < -0.3 is 5.11 Å². The van der Waals surface area contributed by atoms with Gasteiger partial charge in [0.25, 0.3) is 0 Å². The zero-order valence-electron chi connectivity index (χ0n) is 22.3. The third-order valence-electron chi connectivity index (χ3n) is 5.83. The molecule has 0 saturated heterocycles. The molecule has 7 heteroatoms. The molecule has 0 fully saturated rings. The van der Waals surface area contributed by atoms with Crippen molar-refractivity contribution in [2.24, 2.45) is 0 Å². The van der Waals surface area contributed by atoms with E-state index in [2.05, 4.69) is 13.8 Å². The van der Waals surface area contributed by atoms with Gasteiger partial charge in [-0.15, -0.1) is 0 Å². The second-order valence-corrected chi connectivity index (χ2v) is 12.9. The molecule has 33 heavy (non-hydrogen) atoms. The lowest BCUT2D eigenvalue weighted by atomic mass is 9.77. The normalized spacial score (nSPS) is 12.9. The quantitative estimate of drug-likeness (QED) is 0.344. The van der Waals surface area contributed by atoms with E-state index in [-0.39, 0.29) is 5.69 Å². The number of aryl methyl sites for hydroxylation is 1. The first-order valence-corrected chi connectivity index (χ1v) is 13.7. The summed E-state index contributed by atoms with van der Waals surface area (Å²) in [5, 5.41) is 10.3. The molecule has 0 spiro atoms. The highest BCUT2D eigenvalue weighted by Gasteiger charge is 2.40. The van der Waals surface area contributed by atoms with Crippen LogP contribution in [0.3, 0.4) is 0 Å². The Morgan fingerprint density at radius 3 is 1.55 bits per heavy atom. The highest BCUT2D eigenvalue weighted by atomic mass is 32.2. The average Bonchev–Trinajstić information content (AvgIpc) is 2.65. The van der Waals surface area contributed by atoms with Gasteiger partial charge in [-0.3, -0.25) is 0 Å². The maximum Gasteiger partial charge on any atom is 0.426 e. The molecule has 1 rings (SSSR count). The summed E-state index contributed by atoms with van der Waals surface area (Å²) in [5.74, 6) is 0. The molecule has 6 nitrogen and oxygen atoms in total. The summed E-state index contributed by atoms with van der Waals surface area (Å²) in [5.41, 5.74) is 1.82. The summed E-state index contributed by atoms with van der Waals surface area (Å²) < 4.78 is 30.0. The minimum atomic E-state index is -4.29. The van der Waals surface area contributed by atoms with Gasteiger partial charge in [-0.05, 0) is 41.7 Å². The predicted octanol–water partition coefficient (Wildman–Crippen LogP) is 7.00. The van der Waals surface area contributed by atoms with E-state index in [1.54, 1.807) is 0 Å². The van der Waals surface area contributed by atoms with Gasteiger partial charge in [0.2, 0.25) is 0 Å². The van der Waals surface area contributed by atoms with E-state index in [9.17, 15) is 18.3 Å². The number of benzene rings is 1. The van der Waals surface area contributed by atoms with Crippen molar-refractivity contribution in [3.8, 4) is 0 Å². The number of rotatable bonds is 11. The van der Waals surface area contributed by atoms with E-state index in [1.165, 1.54) is 4.31 Å². The Morgan fingerprint density at radius 1 is 0.848 bits per heavy atom. The fraction of sp³-hybridized carbons (Fsp3) is 0.731. The van der Waals surface area contributed by atoms with E-state index < -0.39 is 27.1 Å². The van der Waals surface area contributed by atoms with Crippen molar-refractivity contribution in [1.29, 1.82) is 0 Å². The van der Waals surface area contributed by atoms with Gasteiger partial charge in [-0.2, -0.15) is 17.0 Å². The number of carbonyl (C=O) groups is 1. The smallest absolute Gasteiger partial charge is 0.426 e. The summed E-state index contributed by atoms with van der Waals surface area (Å²) >= 11 is 0.